The van der Waals surface area contributed by atoms with Crippen molar-refractivity contribution in [1.29, 1.82) is 0 Å². The molecule has 3 heterocycles. The van der Waals surface area contributed by atoms with E-state index < -0.39 is 5.92 Å². The fourth-order valence-corrected chi connectivity index (χ4v) is 10.9. The number of nitrogens with one attached hydrogen (secondary N) is 2. The minimum absolute atomic E-state index is 0.0162. The SMILES string of the molecule is O=C(COc1ccccc1[C@@H]1c2sc(=O)[nH]c2S[C@@H]2[C@@H]3C[C@@H]([C@@H]4C(=O)N(c5ccccc5)C(=O)[C@@H]34)[C@H]12)Nc1ccc(Cl)cc1. The molecule has 2 aliphatic heterocycles. The molecule has 0 spiro atoms. The van der Waals surface area contributed by atoms with E-state index in [1.54, 1.807) is 36.0 Å². The van der Waals surface area contributed by atoms with E-state index in [0.29, 0.717) is 22.1 Å². The zero-order valence-electron chi connectivity index (χ0n) is 23.1. The largest absolute Gasteiger partial charge is 0.483 e. The Bertz CT molecular complexity index is 1860. The summed E-state index contributed by atoms with van der Waals surface area (Å²) < 4.78 is 6.14. The van der Waals surface area contributed by atoms with Crippen molar-refractivity contribution >= 4 is 63.8 Å². The molecule has 2 saturated carbocycles. The topological polar surface area (TPSA) is 109 Å². The quantitative estimate of drug-likeness (QED) is 0.258. The lowest BCUT2D eigenvalue weighted by Crippen LogP contribution is -2.42. The van der Waals surface area contributed by atoms with Gasteiger partial charge in [0.2, 0.25) is 11.8 Å². The molecule has 1 saturated heterocycles. The zero-order chi connectivity index (χ0) is 30.1. The molecule has 2 N–H and O–H groups in total. The van der Waals surface area contributed by atoms with Crippen LogP contribution in [0.3, 0.4) is 0 Å². The first-order chi connectivity index (χ1) is 21.4. The first kappa shape index (κ1) is 27.7. The Kier molecular flexibility index (Phi) is 6.69. The number of carbonyl (C=O) groups is 3. The summed E-state index contributed by atoms with van der Waals surface area (Å²) in [7, 11) is 0. The van der Waals surface area contributed by atoms with Gasteiger partial charge in [0, 0.05) is 32.3 Å². The Morgan fingerprint density at radius 3 is 2.41 bits per heavy atom. The van der Waals surface area contributed by atoms with E-state index in [1.165, 1.54) is 16.2 Å². The maximum absolute atomic E-state index is 13.9. The van der Waals surface area contributed by atoms with Crippen LogP contribution in [-0.2, 0) is 14.4 Å². The average Bonchev–Trinajstić information content (AvgIpc) is 3.76. The number of halogens is 1. The molecule has 2 aliphatic carbocycles. The van der Waals surface area contributed by atoms with E-state index in [9.17, 15) is 19.2 Å². The van der Waals surface area contributed by atoms with Crippen LogP contribution in [0.2, 0.25) is 5.02 Å². The number of rotatable bonds is 6. The molecule has 3 aromatic carbocycles. The number of hydrogen-bond donors (Lipinski definition) is 2. The molecule has 222 valence electrons. The Labute approximate surface area is 265 Å². The van der Waals surface area contributed by atoms with Crippen molar-refractivity contribution in [3.05, 3.63) is 104 Å². The van der Waals surface area contributed by atoms with E-state index in [0.717, 1.165) is 21.9 Å². The van der Waals surface area contributed by atoms with Crippen molar-refractivity contribution in [3.8, 4) is 5.75 Å². The molecule has 4 aliphatic rings. The summed E-state index contributed by atoms with van der Waals surface area (Å²) in [6.07, 6.45) is 0.792. The third-order valence-corrected chi connectivity index (χ3v) is 12.3. The number of amides is 3. The molecule has 11 heteroatoms. The molecule has 2 bridgehead atoms. The van der Waals surface area contributed by atoms with Crippen LogP contribution in [0.4, 0.5) is 11.4 Å². The van der Waals surface area contributed by atoms with Gasteiger partial charge in [-0.15, -0.1) is 11.8 Å². The lowest BCUT2D eigenvalue weighted by Gasteiger charge is -2.43. The lowest BCUT2D eigenvalue weighted by molar-refractivity contribution is -0.123. The molecular formula is C33H26ClN3O5S2. The first-order valence-corrected chi connectivity index (χ1v) is 16.6. The van der Waals surface area contributed by atoms with Crippen molar-refractivity contribution < 1.29 is 19.1 Å². The highest BCUT2D eigenvalue weighted by molar-refractivity contribution is 8.00. The molecule has 8 nitrogen and oxygen atoms in total. The molecule has 0 radical (unpaired) electrons. The zero-order valence-corrected chi connectivity index (χ0v) is 25.5. The predicted octanol–water partition coefficient (Wildman–Crippen LogP) is 5.79. The molecule has 1 aromatic heterocycles. The Morgan fingerprint density at radius 2 is 1.64 bits per heavy atom. The Morgan fingerprint density at radius 1 is 0.932 bits per heavy atom. The molecule has 7 atom stereocenters. The second-order valence-electron chi connectivity index (χ2n) is 11.7. The summed E-state index contributed by atoms with van der Waals surface area (Å²) in [5.74, 6) is -0.973. The third-order valence-electron chi connectivity index (χ3n) is 9.48. The average molecular weight is 644 g/mol. The van der Waals surface area contributed by atoms with Crippen LogP contribution in [0.25, 0.3) is 0 Å². The van der Waals surface area contributed by atoms with Crippen LogP contribution in [-0.4, -0.2) is 34.6 Å². The van der Waals surface area contributed by atoms with Crippen molar-refractivity contribution in [2.24, 2.45) is 29.6 Å². The number of H-pyrrole nitrogens is 1. The summed E-state index contributed by atoms with van der Waals surface area (Å²) >= 11 is 8.80. The standard InChI is InChI=1S/C33H26ClN3O5S2/c34-16-10-12-17(13-11-16)35-23(38)15-42-22-9-5-4-8-19(22)24-25-20-14-21(28(25)43-30-29(24)44-33(41)36-30)27-26(20)31(39)37(32(27)40)18-6-2-1-3-7-18/h1-13,20-21,24-28H,14-15H2,(H,35,38)(H,36,41)/t20-,21-,24+,25-,26+,27+,28-/m1/s1. The van der Waals surface area contributed by atoms with Gasteiger partial charge in [-0.25, -0.2) is 0 Å². The van der Waals surface area contributed by atoms with Gasteiger partial charge in [0.15, 0.2) is 6.61 Å². The molecular weight excluding hydrogens is 618 g/mol. The number of thiazole rings is 1. The van der Waals surface area contributed by atoms with Gasteiger partial charge in [0.25, 0.3) is 5.91 Å². The van der Waals surface area contributed by atoms with Crippen LogP contribution in [0, 0.1) is 29.6 Å². The third kappa shape index (κ3) is 4.34. The molecule has 3 amide bonds. The number of imide groups is 1. The fraction of sp³-hybridized carbons (Fsp3) is 0.273. The Balaban J connectivity index is 1.12. The minimum atomic E-state index is -0.396. The molecule has 44 heavy (non-hydrogen) atoms. The van der Waals surface area contributed by atoms with Gasteiger partial charge in [-0.05, 0) is 66.6 Å². The lowest BCUT2D eigenvalue weighted by atomic mass is 9.68. The van der Waals surface area contributed by atoms with Crippen molar-refractivity contribution in [3.63, 3.8) is 0 Å². The van der Waals surface area contributed by atoms with E-state index in [2.05, 4.69) is 10.3 Å². The van der Waals surface area contributed by atoms with Gasteiger partial charge in [-0.3, -0.25) is 24.1 Å². The number of para-hydroxylation sites is 2. The van der Waals surface area contributed by atoms with E-state index in [-0.39, 0.29) is 64.0 Å². The van der Waals surface area contributed by atoms with E-state index in [1.807, 2.05) is 54.6 Å². The Hall–Kier alpha value is -3.86. The molecule has 4 aromatic rings. The van der Waals surface area contributed by atoms with Gasteiger partial charge in [-0.2, -0.15) is 0 Å². The van der Waals surface area contributed by atoms with Gasteiger partial charge in [0.05, 0.1) is 22.5 Å². The predicted molar refractivity (Wildman–Crippen MR) is 169 cm³/mol. The molecule has 3 fully saturated rings. The summed E-state index contributed by atoms with van der Waals surface area (Å²) in [5.41, 5.74) is 2.10. The monoisotopic (exact) mass is 643 g/mol. The summed E-state index contributed by atoms with van der Waals surface area (Å²) in [4.78, 5) is 58.4. The summed E-state index contributed by atoms with van der Waals surface area (Å²) in [6, 6.07) is 23.6. The number of fused-ring (bicyclic) bond motifs is 9. The number of aromatic amines is 1. The van der Waals surface area contributed by atoms with Crippen LogP contribution in [0.1, 0.15) is 22.8 Å². The maximum atomic E-state index is 13.9. The second-order valence-corrected chi connectivity index (χ2v) is 14.3. The van der Waals surface area contributed by atoms with Gasteiger partial charge in [-0.1, -0.05) is 59.3 Å². The number of hydrogen-bond acceptors (Lipinski definition) is 7. The van der Waals surface area contributed by atoms with Crippen molar-refractivity contribution in [2.75, 3.05) is 16.8 Å². The number of benzene rings is 3. The number of nitrogens with zero attached hydrogens (tertiary/aromatic N) is 1. The van der Waals surface area contributed by atoms with Gasteiger partial charge < -0.3 is 15.0 Å². The van der Waals surface area contributed by atoms with Crippen molar-refractivity contribution in [2.45, 2.75) is 22.6 Å². The highest BCUT2D eigenvalue weighted by Gasteiger charge is 2.69. The summed E-state index contributed by atoms with van der Waals surface area (Å²) in [5, 5.41) is 4.27. The number of ether oxygens (including phenoxy) is 1. The fourth-order valence-electron chi connectivity index (χ4n) is 7.94. The smallest absolute Gasteiger partial charge is 0.305 e. The number of thioether (sulfide) groups is 1. The van der Waals surface area contributed by atoms with Gasteiger partial charge in [0.1, 0.15) is 5.75 Å². The second kappa shape index (κ2) is 10.6. The van der Waals surface area contributed by atoms with Crippen LogP contribution in [0.15, 0.2) is 88.7 Å². The van der Waals surface area contributed by atoms with Crippen LogP contribution >= 0.6 is 34.7 Å². The van der Waals surface area contributed by atoms with Crippen LogP contribution in [0.5, 0.6) is 5.75 Å². The molecule has 8 rings (SSSR count). The van der Waals surface area contributed by atoms with E-state index >= 15 is 0 Å². The highest BCUT2D eigenvalue weighted by atomic mass is 35.5. The van der Waals surface area contributed by atoms with Gasteiger partial charge >= 0.3 is 4.87 Å². The number of carbonyl (C=O) groups excluding carboxylic acids is 3. The molecule has 0 unspecified atom stereocenters. The first-order valence-electron chi connectivity index (χ1n) is 14.5. The van der Waals surface area contributed by atoms with Crippen LogP contribution < -0.4 is 19.8 Å². The normalized spacial score (nSPS) is 28.0. The van der Waals surface area contributed by atoms with E-state index in [4.69, 9.17) is 16.3 Å². The van der Waals surface area contributed by atoms with Crippen molar-refractivity contribution in [1.82, 2.24) is 4.98 Å². The number of anilines is 2. The maximum Gasteiger partial charge on any atom is 0.305 e. The summed E-state index contributed by atoms with van der Waals surface area (Å²) in [6.45, 7) is -0.207. The minimum Gasteiger partial charge on any atom is -0.483 e. The highest BCUT2D eigenvalue weighted by Crippen LogP contribution is 2.69. The number of aromatic nitrogens is 1.